The fraction of sp³-hybridized carbons (Fsp3) is 0.462. The van der Waals surface area contributed by atoms with Gasteiger partial charge in [0.1, 0.15) is 6.61 Å². The minimum atomic E-state index is -1.49. The van der Waals surface area contributed by atoms with E-state index in [0.717, 1.165) is 12.8 Å². The third-order valence-corrected chi connectivity index (χ3v) is 3.53. The van der Waals surface area contributed by atoms with Gasteiger partial charge in [0.25, 0.3) is 5.69 Å². The highest BCUT2D eigenvalue weighted by molar-refractivity contribution is 5.79. The van der Waals surface area contributed by atoms with Crippen LogP contribution < -0.4 is 15.2 Å². The van der Waals surface area contributed by atoms with E-state index in [1.54, 1.807) is 0 Å². The van der Waals surface area contributed by atoms with E-state index < -0.39 is 16.4 Å². The zero-order valence-electron chi connectivity index (χ0n) is 11.4. The van der Waals surface area contributed by atoms with E-state index in [-0.39, 0.29) is 29.7 Å². The SMILES string of the molecule is COc1ccc([N+](=O)[O-])cc1OCC(N)(C(=O)O)C1CC1. The number of nitrogens with zero attached hydrogens (tertiary/aromatic N) is 1. The van der Waals surface area contributed by atoms with Crippen LogP contribution in [0.1, 0.15) is 12.8 Å². The molecule has 1 aliphatic rings. The summed E-state index contributed by atoms with van der Waals surface area (Å²) in [5, 5.41) is 20.0. The minimum absolute atomic E-state index is 0.100. The van der Waals surface area contributed by atoms with Crippen molar-refractivity contribution in [1.29, 1.82) is 0 Å². The molecule has 1 aliphatic carbocycles. The number of non-ortho nitro benzene ring substituents is 1. The van der Waals surface area contributed by atoms with E-state index in [2.05, 4.69) is 0 Å². The molecule has 8 heteroatoms. The number of carboxylic acids is 1. The molecule has 1 unspecified atom stereocenters. The molecule has 8 nitrogen and oxygen atoms in total. The molecule has 1 aromatic carbocycles. The summed E-state index contributed by atoms with van der Waals surface area (Å²) in [6.07, 6.45) is 1.47. The Kier molecular flexibility index (Phi) is 3.99. The number of aliphatic carboxylic acids is 1. The minimum Gasteiger partial charge on any atom is -0.493 e. The predicted octanol–water partition coefficient (Wildman–Crippen LogP) is 1.17. The first-order valence-corrected chi connectivity index (χ1v) is 6.36. The summed E-state index contributed by atoms with van der Waals surface area (Å²) in [5.74, 6) is -0.901. The summed E-state index contributed by atoms with van der Waals surface area (Å²) < 4.78 is 10.5. The number of rotatable bonds is 7. The molecule has 0 saturated heterocycles. The molecule has 114 valence electrons. The second kappa shape index (κ2) is 5.57. The standard InChI is InChI=1S/C13H16N2O6/c1-20-10-5-4-9(15(18)19)6-11(10)21-7-13(14,12(16)17)8-2-3-8/h4-6,8H,2-3,7,14H2,1H3,(H,16,17). The maximum atomic E-state index is 11.3. The van der Waals surface area contributed by atoms with Crippen molar-refractivity contribution in [2.45, 2.75) is 18.4 Å². The van der Waals surface area contributed by atoms with E-state index in [0.29, 0.717) is 0 Å². The highest BCUT2D eigenvalue weighted by Gasteiger charge is 2.49. The monoisotopic (exact) mass is 296 g/mol. The van der Waals surface area contributed by atoms with Crippen molar-refractivity contribution in [3.8, 4) is 11.5 Å². The Bertz CT molecular complexity index is 572. The average Bonchev–Trinajstić information content (AvgIpc) is 3.28. The van der Waals surface area contributed by atoms with Crippen LogP contribution in [0.5, 0.6) is 11.5 Å². The lowest BCUT2D eigenvalue weighted by molar-refractivity contribution is -0.385. The Labute approximate surface area is 120 Å². The number of nitro groups is 1. The fourth-order valence-electron chi connectivity index (χ4n) is 2.04. The largest absolute Gasteiger partial charge is 0.493 e. The van der Waals surface area contributed by atoms with Crippen molar-refractivity contribution in [3.63, 3.8) is 0 Å². The zero-order valence-corrected chi connectivity index (χ0v) is 11.4. The first kappa shape index (κ1) is 15.0. The Balaban J connectivity index is 2.20. The molecule has 1 aromatic rings. The lowest BCUT2D eigenvalue weighted by atomic mass is 9.96. The van der Waals surface area contributed by atoms with Crippen LogP contribution in [0.15, 0.2) is 18.2 Å². The Morgan fingerprint density at radius 2 is 2.19 bits per heavy atom. The summed E-state index contributed by atoms with van der Waals surface area (Å²) in [4.78, 5) is 21.5. The number of methoxy groups -OCH3 is 1. The number of benzene rings is 1. The van der Waals surface area contributed by atoms with Crippen molar-refractivity contribution in [1.82, 2.24) is 0 Å². The first-order chi connectivity index (χ1) is 9.88. The molecule has 0 amide bonds. The molecule has 21 heavy (non-hydrogen) atoms. The molecule has 1 atom stereocenters. The number of ether oxygens (including phenoxy) is 2. The van der Waals surface area contributed by atoms with Gasteiger partial charge in [0.15, 0.2) is 17.0 Å². The maximum absolute atomic E-state index is 11.3. The normalized spacial score (nSPS) is 16.9. The smallest absolute Gasteiger partial charge is 0.327 e. The molecule has 0 spiro atoms. The summed E-state index contributed by atoms with van der Waals surface area (Å²) in [6.45, 7) is -0.273. The lowest BCUT2D eigenvalue weighted by Gasteiger charge is -2.24. The zero-order chi connectivity index (χ0) is 15.6. The highest BCUT2D eigenvalue weighted by Crippen LogP contribution is 2.39. The molecule has 0 bridgehead atoms. The molecule has 1 saturated carbocycles. The van der Waals surface area contributed by atoms with Crippen molar-refractivity contribution >= 4 is 11.7 Å². The van der Waals surface area contributed by atoms with Gasteiger partial charge in [0.2, 0.25) is 0 Å². The average molecular weight is 296 g/mol. The van der Waals surface area contributed by atoms with E-state index >= 15 is 0 Å². The van der Waals surface area contributed by atoms with Crippen molar-refractivity contribution in [3.05, 3.63) is 28.3 Å². The highest BCUT2D eigenvalue weighted by atomic mass is 16.6. The van der Waals surface area contributed by atoms with Gasteiger partial charge < -0.3 is 20.3 Å². The Morgan fingerprint density at radius 3 is 2.67 bits per heavy atom. The van der Waals surface area contributed by atoms with Crippen LogP contribution in [0.25, 0.3) is 0 Å². The number of carboxylic acid groups (broad SMARTS) is 1. The number of hydrogen-bond donors (Lipinski definition) is 2. The molecule has 0 heterocycles. The van der Waals surface area contributed by atoms with Gasteiger partial charge in [-0.25, -0.2) is 0 Å². The van der Waals surface area contributed by atoms with Gasteiger partial charge in [-0.2, -0.15) is 0 Å². The van der Waals surface area contributed by atoms with Crippen LogP contribution in [-0.2, 0) is 4.79 Å². The second-order valence-electron chi connectivity index (χ2n) is 5.00. The molecule has 3 N–H and O–H groups in total. The summed E-state index contributed by atoms with van der Waals surface area (Å²) in [5.41, 5.74) is 4.22. The molecule has 0 aliphatic heterocycles. The third-order valence-electron chi connectivity index (χ3n) is 3.53. The van der Waals surface area contributed by atoms with Crippen molar-refractivity contribution < 1.29 is 24.3 Å². The van der Waals surface area contributed by atoms with Crippen LogP contribution >= 0.6 is 0 Å². The van der Waals surface area contributed by atoms with Gasteiger partial charge in [0, 0.05) is 6.07 Å². The van der Waals surface area contributed by atoms with Crippen LogP contribution in [0, 0.1) is 16.0 Å². The van der Waals surface area contributed by atoms with Crippen molar-refractivity contribution in [2.24, 2.45) is 11.7 Å². The van der Waals surface area contributed by atoms with Gasteiger partial charge in [-0.1, -0.05) is 0 Å². The van der Waals surface area contributed by atoms with Crippen molar-refractivity contribution in [2.75, 3.05) is 13.7 Å². The van der Waals surface area contributed by atoms with Crippen LogP contribution in [0.3, 0.4) is 0 Å². The van der Waals surface area contributed by atoms with E-state index in [1.807, 2.05) is 0 Å². The van der Waals surface area contributed by atoms with Gasteiger partial charge in [-0.3, -0.25) is 14.9 Å². The molecule has 0 aromatic heterocycles. The van der Waals surface area contributed by atoms with Gasteiger partial charge >= 0.3 is 5.97 Å². The molecular formula is C13H16N2O6. The van der Waals surface area contributed by atoms with E-state index in [4.69, 9.17) is 15.2 Å². The number of nitrogens with two attached hydrogens (primary N) is 1. The van der Waals surface area contributed by atoms with Gasteiger partial charge in [0.05, 0.1) is 18.1 Å². The van der Waals surface area contributed by atoms with Crippen LogP contribution in [0.4, 0.5) is 5.69 Å². The number of hydrogen-bond acceptors (Lipinski definition) is 6. The van der Waals surface area contributed by atoms with Crippen LogP contribution in [0.2, 0.25) is 0 Å². The topological polar surface area (TPSA) is 125 Å². The first-order valence-electron chi connectivity index (χ1n) is 6.36. The van der Waals surface area contributed by atoms with Crippen LogP contribution in [-0.4, -0.2) is 35.3 Å². The summed E-state index contributed by atoms with van der Waals surface area (Å²) in [6, 6.07) is 3.86. The van der Waals surface area contributed by atoms with Gasteiger partial charge in [-0.05, 0) is 24.8 Å². The molecule has 1 fully saturated rings. The fourth-order valence-corrected chi connectivity index (χ4v) is 2.04. The maximum Gasteiger partial charge on any atom is 0.327 e. The third kappa shape index (κ3) is 3.05. The Hall–Kier alpha value is -2.35. The number of nitro benzene ring substituents is 1. The quantitative estimate of drug-likeness (QED) is 0.571. The van der Waals surface area contributed by atoms with Gasteiger partial charge in [-0.15, -0.1) is 0 Å². The Morgan fingerprint density at radius 1 is 1.52 bits per heavy atom. The predicted molar refractivity (Wildman–Crippen MR) is 72.4 cm³/mol. The summed E-state index contributed by atoms with van der Waals surface area (Å²) in [7, 11) is 1.39. The second-order valence-corrected chi connectivity index (χ2v) is 5.00. The lowest BCUT2D eigenvalue weighted by Crippen LogP contribution is -2.54. The molecule has 0 radical (unpaired) electrons. The van der Waals surface area contributed by atoms with E-state index in [1.165, 1.54) is 25.3 Å². The molecular weight excluding hydrogens is 280 g/mol. The summed E-state index contributed by atoms with van der Waals surface area (Å²) >= 11 is 0. The molecule has 2 rings (SSSR count). The van der Waals surface area contributed by atoms with E-state index in [9.17, 15) is 20.0 Å². The number of carbonyl (C=O) groups is 1.